The third kappa shape index (κ3) is 4.63. The number of pyridine rings is 1. The number of rotatable bonds is 4. The van der Waals surface area contributed by atoms with Gasteiger partial charge in [0.25, 0.3) is 0 Å². The zero-order valence-corrected chi connectivity index (χ0v) is 16.5. The third-order valence-electron chi connectivity index (χ3n) is 6.29. The molecular weight excluding hydrogens is 369 g/mol. The number of halogens is 1. The number of aromatic nitrogens is 1. The molecule has 152 valence electrons. The summed E-state index contributed by atoms with van der Waals surface area (Å²) >= 11 is 0. The number of likely N-dealkylation sites (tertiary alicyclic amines) is 2. The summed E-state index contributed by atoms with van der Waals surface area (Å²) in [5.74, 6) is -0.0583. The van der Waals surface area contributed by atoms with E-state index in [-0.39, 0.29) is 29.5 Å². The van der Waals surface area contributed by atoms with Crippen LogP contribution >= 0.6 is 0 Å². The van der Waals surface area contributed by atoms with Crippen molar-refractivity contribution in [1.29, 1.82) is 0 Å². The van der Waals surface area contributed by atoms with Crippen LogP contribution in [0.3, 0.4) is 0 Å². The van der Waals surface area contributed by atoms with Crippen LogP contribution in [0.5, 0.6) is 0 Å². The molecule has 0 saturated carbocycles. The lowest BCUT2D eigenvalue weighted by molar-refractivity contribution is -0.142. The molecule has 0 atom stereocenters. The van der Waals surface area contributed by atoms with Crippen molar-refractivity contribution < 1.29 is 14.0 Å². The summed E-state index contributed by atoms with van der Waals surface area (Å²) in [5.41, 5.74) is 1.89. The van der Waals surface area contributed by atoms with Gasteiger partial charge >= 0.3 is 0 Å². The first kappa shape index (κ1) is 19.6. The smallest absolute Gasteiger partial charge is 0.226 e. The van der Waals surface area contributed by atoms with E-state index in [1.807, 2.05) is 21.9 Å². The minimum Gasteiger partial charge on any atom is -0.342 e. The van der Waals surface area contributed by atoms with Crippen molar-refractivity contribution in [3.05, 3.63) is 65.7 Å². The van der Waals surface area contributed by atoms with Gasteiger partial charge < -0.3 is 9.80 Å². The largest absolute Gasteiger partial charge is 0.342 e. The number of hydrogen-bond acceptors (Lipinski definition) is 3. The van der Waals surface area contributed by atoms with E-state index in [0.29, 0.717) is 31.6 Å². The summed E-state index contributed by atoms with van der Waals surface area (Å²) < 4.78 is 13.4. The van der Waals surface area contributed by atoms with E-state index in [9.17, 15) is 14.0 Å². The van der Waals surface area contributed by atoms with E-state index in [4.69, 9.17) is 0 Å². The van der Waals surface area contributed by atoms with Crippen LogP contribution in [0.1, 0.15) is 36.8 Å². The molecule has 1 spiro atoms. The molecule has 1 aromatic carbocycles. The number of amides is 2. The molecule has 5 nitrogen and oxygen atoms in total. The second kappa shape index (κ2) is 8.31. The second-order valence-corrected chi connectivity index (χ2v) is 8.29. The van der Waals surface area contributed by atoms with Crippen LogP contribution in [0.4, 0.5) is 4.39 Å². The standard InChI is InChI=1S/C23H26FN3O2/c24-20-3-1-2-19(14-20)15-22(29)26-12-8-23(9-13-26)7-4-21(28)27(17-23)16-18-5-10-25-11-6-18/h1-3,5-6,10-11,14H,4,7-9,12-13,15-17H2. The first-order valence-electron chi connectivity index (χ1n) is 10.2. The van der Waals surface area contributed by atoms with Crippen molar-refractivity contribution in [2.24, 2.45) is 5.41 Å². The highest BCUT2D eigenvalue weighted by atomic mass is 19.1. The zero-order chi connectivity index (χ0) is 20.3. The van der Waals surface area contributed by atoms with E-state index >= 15 is 0 Å². The first-order valence-corrected chi connectivity index (χ1v) is 10.2. The summed E-state index contributed by atoms with van der Waals surface area (Å²) in [7, 11) is 0. The van der Waals surface area contributed by atoms with Gasteiger partial charge in [0.15, 0.2) is 0 Å². The summed E-state index contributed by atoms with van der Waals surface area (Å²) in [4.78, 5) is 33.0. The van der Waals surface area contributed by atoms with Crippen LogP contribution in [0.15, 0.2) is 48.8 Å². The molecule has 2 amide bonds. The highest BCUT2D eigenvalue weighted by Gasteiger charge is 2.41. The molecule has 1 aromatic heterocycles. The van der Waals surface area contributed by atoms with Crippen molar-refractivity contribution in [3.63, 3.8) is 0 Å². The maximum absolute atomic E-state index is 13.4. The Balaban J connectivity index is 1.35. The van der Waals surface area contributed by atoms with Crippen LogP contribution in [0.25, 0.3) is 0 Å². The maximum Gasteiger partial charge on any atom is 0.226 e. The number of carbonyl (C=O) groups is 2. The second-order valence-electron chi connectivity index (χ2n) is 8.29. The Morgan fingerprint density at radius 1 is 1.07 bits per heavy atom. The topological polar surface area (TPSA) is 53.5 Å². The summed E-state index contributed by atoms with van der Waals surface area (Å²) in [6.07, 6.45) is 7.01. The Morgan fingerprint density at radius 3 is 2.55 bits per heavy atom. The normalized spacial score (nSPS) is 18.9. The monoisotopic (exact) mass is 395 g/mol. The fourth-order valence-corrected chi connectivity index (χ4v) is 4.53. The maximum atomic E-state index is 13.4. The van der Waals surface area contributed by atoms with E-state index in [1.54, 1.807) is 24.5 Å². The number of nitrogens with zero attached hydrogens (tertiary/aromatic N) is 3. The van der Waals surface area contributed by atoms with E-state index in [1.165, 1.54) is 12.1 Å². The molecular formula is C23H26FN3O2. The molecule has 2 saturated heterocycles. The average Bonchev–Trinajstić information content (AvgIpc) is 2.72. The fraction of sp³-hybridized carbons (Fsp3) is 0.435. The summed E-state index contributed by atoms with van der Waals surface area (Å²) in [6, 6.07) is 10.1. The van der Waals surface area contributed by atoms with Crippen molar-refractivity contribution in [1.82, 2.24) is 14.8 Å². The van der Waals surface area contributed by atoms with Gasteiger partial charge in [-0.2, -0.15) is 0 Å². The number of carbonyl (C=O) groups excluding carboxylic acids is 2. The zero-order valence-electron chi connectivity index (χ0n) is 16.5. The molecule has 3 heterocycles. The van der Waals surface area contributed by atoms with Gasteiger partial charge in [0.05, 0.1) is 6.42 Å². The number of benzene rings is 1. The molecule has 2 aliphatic heterocycles. The minimum atomic E-state index is -0.311. The van der Waals surface area contributed by atoms with Gasteiger partial charge in [-0.05, 0) is 60.1 Å². The molecule has 0 N–H and O–H groups in total. The van der Waals surface area contributed by atoms with Gasteiger partial charge in [0.2, 0.25) is 11.8 Å². The molecule has 0 unspecified atom stereocenters. The van der Waals surface area contributed by atoms with Crippen molar-refractivity contribution in [2.75, 3.05) is 19.6 Å². The molecule has 2 fully saturated rings. The fourth-order valence-electron chi connectivity index (χ4n) is 4.53. The van der Waals surface area contributed by atoms with Crippen LogP contribution in [-0.2, 0) is 22.6 Å². The van der Waals surface area contributed by atoms with Crippen molar-refractivity contribution >= 4 is 11.8 Å². The molecule has 0 radical (unpaired) electrons. The van der Waals surface area contributed by atoms with Gasteiger partial charge in [0, 0.05) is 45.0 Å². The van der Waals surface area contributed by atoms with Gasteiger partial charge in [0.1, 0.15) is 5.82 Å². The molecule has 2 aliphatic rings. The predicted octanol–water partition coefficient (Wildman–Crippen LogP) is 3.19. The van der Waals surface area contributed by atoms with Crippen LogP contribution in [0, 0.1) is 11.2 Å². The molecule has 4 rings (SSSR count). The molecule has 29 heavy (non-hydrogen) atoms. The highest BCUT2D eigenvalue weighted by Crippen LogP contribution is 2.40. The first-order chi connectivity index (χ1) is 14.0. The Kier molecular flexibility index (Phi) is 5.60. The minimum absolute atomic E-state index is 0.0472. The Hall–Kier alpha value is -2.76. The van der Waals surface area contributed by atoms with Crippen molar-refractivity contribution in [2.45, 2.75) is 38.6 Å². The Labute approximate surface area is 170 Å². The van der Waals surface area contributed by atoms with Gasteiger partial charge in [-0.1, -0.05) is 12.1 Å². The lowest BCUT2D eigenvalue weighted by Crippen LogP contribution is -2.52. The summed E-state index contributed by atoms with van der Waals surface area (Å²) in [5, 5.41) is 0. The lowest BCUT2D eigenvalue weighted by atomic mass is 9.72. The van der Waals surface area contributed by atoms with Gasteiger partial charge in [-0.15, -0.1) is 0 Å². The van der Waals surface area contributed by atoms with Crippen molar-refractivity contribution in [3.8, 4) is 0 Å². The van der Waals surface area contributed by atoms with Gasteiger partial charge in [-0.25, -0.2) is 4.39 Å². The molecule has 2 aromatic rings. The van der Waals surface area contributed by atoms with Gasteiger partial charge in [-0.3, -0.25) is 14.6 Å². The predicted molar refractivity (Wildman–Crippen MR) is 107 cm³/mol. The van der Waals surface area contributed by atoms with E-state index in [2.05, 4.69) is 4.98 Å². The van der Waals surface area contributed by atoms with E-state index < -0.39 is 0 Å². The van der Waals surface area contributed by atoms with Crippen LogP contribution in [0.2, 0.25) is 0 Å². The quantitative estimate of drug-likeness (QED) is 0.799. The highest BCUT2D eigenvalue weighted by molar-refractivity contribution is 5.79. The molecule has 0 bridgehead atoms. The molecule has 6 heteroatoms. The van der Waals surface area contributed by atoms with Crippen LogP contribution in [-0.4, -0.2) is 46.2 Å². The Morgan fingerprint density at radius 2 is 1.83 bits per heavy atom. The van der Waals surface area contributed by atoms with E-state index in [0.717, 1.165) is 31.4 Å². The third-order valence-corrected chi connectivity index (χ3v) is 6.29. The van der Waals surface area contributed by atoms with Crippen LogP contribution < -0.4 is 0 Å². The average molecular weight is 395 g/mol. The lowest BCUT2D eigenvalue weighted by Gasteiger charge is -2.47. The molecule has 0 aliphatic carbocycles. The SMILES string of the molecule is O=C(Cc1cccc(F)c1)N1CCC2(CCC(=O)N(Cc3ccncc3)C2)CC1. The Bertz CT molecular complexity index is 879. The number of piperidine rings is 2. The number of hydrogen-bond donors (Lipinski definition) is 0. The summed E-state index contributed by atoms with van der Waals surface area (Å²) in [6.45, 7) is 2.77.